The Morgan fingerprint density at radius 1 is 1.36 bits per heavy atom. The average molecular weight is 341 g/mol. The number of amides is 1. The maximum atomic E-state index is 12.7. The van der Waals surface area contributed by atoms with Crippen molar-refractivity contribution in [1.82, 2.24) is 14.9 Å². The third-order valence-electron chi connectivity index (χ3n) is 4.85. The van der Waals surface area contributed by atoms with Crippen LogP contribution in [0.2, 0.25) is 0 Å². The van der Waals surface area contributed by atoms with E-state index < -0.39 is 5.60 Å². The quantitative estimate of drug-likeness (QED) is 0.899. The number of hydrogen-bond donors (Lipinski definition) is 1. The van der Waals surface area contributed by atoms with Gasteiger partial charge < -0.3 is 14.7 Å². The number of aliphatic hydroxyl groups is 1. The van der Waals surface area contributed by atoms with E-state index in [4.69, 9.17) is 4.74 Å². The third-order valence-corrected chi connectivity index (χ3v) is 4.85. The van der Waals surface area contributed by atoms with Crippen molar-refractivity contribution >= 4 is 5.91 Å². The van der Waals surface area contributed by atoms with Crippen molar-refractivity contribution in [2.24, 2.45) is 0 Å². The second kappa shape index (κ2) is 7.19. The molecule has 132 valence electrons. The molecule has 1 aromatic heterocycles. The number of ether oxygens (including phenoxy) is 1. The van der Waals surface area contributed by atoms with Crippen LogP contribution in [-0.2, 0) is 16.8 Å². The van der Waals surface area contributed by atoms with Crippen LogP contribution in [0.1, 0.15) is 31.0 Å². The molecular formula is C19H23N3O3. The number of benzene rings is 1. The largest absolute Gasteiger partial charge is 0.497 e. The Hall–Kier alpha value is -2.47. The summed E-state index contributed by atoms with van der Waals surface area (Å²) in [5, 5.41) is 11.2. The highest BCUT2D eigenvalue weighted by Gasteiger charge is 2.42. The smallest absolute Gasteiger partial charge is 0.229 e. The number of aromatic nitrogens is 2. The lowest BCUT2D eigenvalue weighted by Crippen LogP contribution is -2.48. The number of likely N-dealkylation sites (tertiary alicyclic amines) is 1. The summed E-state index contributed by atoms with van der Waals surface area (Å²) in [7, 11) is 1.61. The van der Waals surface area contributed by atoms with Crippen LogP contribution in [0.25, 0.3) is 0 Å². The Balaban J connectivity index is 1.78. The molecule has 0 radical (unpaired) electrons. The number of carbonyl (C=O) groups is 1. The van der Waals surface area contributed by atoms with Gasteiger partial charge in [0.25, 0.3) is 0 Å². The van der Waals surface area contributed by atoms with Crippen molar-refractivity contribution in [1.29, 1.82) is 0 Å². The summed E-state index contributed by atoms with van der Waals surface area (Å²) in [6.45, 7) is 2.42. The molecule has 2 aromatic rings. The monoisotopic (exact) mass is 341 g/mol. The van der Waals surface area contributed by atoms with Crippen LogP contribution >= 0.6 is 0 Å². The average Bonchev–Trinajstić information content (AvgIpc) is 3.13. The van der Waals surface area contributed by atoms with Gasteiger partial charge in [0.05, 0.1) is 25.3 Å². The molecular weight excluding hydrogens is 318 g/mol. The van der Waals surface area contributed by atoms with Crippen molar-refractivity contribution < 1.29 is 14.6 Å². The fraction of sp³-hybridized carbons (Fsp3) is 0.421. The predicted octanol–water partition coefficient (Wildman–Crippen LogP) is 1.93. The van der Waals surface area contributed by atoms with Crippen molar-refractivity contribution in [3.8, 4) is 5.75 Å². The third kappa shape index (κ3) is 3.64. The highest BCUT2D eigenvalue weighted by atomic mass is 16.5. The van der Waals surface area contributed by atoms with Gasteiger partial charge in [-0.25, -0.2) is 0 Å². The van der Waals surface area contributed by atoms with Gasteiger partial charge in [-0.3, -0.25) is 14.8 Å². The first kappa shape index (κ1) is 17.4. The van der Waals surface area contributed by atoms with Crippen LogP contribution in [0.3, 0.4) is 0 Å². The van der Waals surface area contributed by atoms with Gasteiger partial charge >= 0.3 is 0 Å². The summed E-state index contributed by atoms with van der Waals surface area (Å²) in [4.78, 5) is 22.7. The zero-order chi connectivity index (χ0) is 17.9. The van der Waals surface area contributed by atoms with Crippen LogP contribution in [0.4, 0.5) is 0 Å². The molecule has 1 N–H and O–H groups in total. The standard InChI is InChI=1S/C19H23N3O3/c1-19(24,14-5-7-16(25-2)8-6-14)17-4-3-11-22(17)18(23)12-15-13-20-9-10-21-15/h5-10,13,17,24H,3-4,11-12H2,1-2H3/t17-,19-/m0/s1. The maximum absolute atomic E-state index is 12.7. The summed E-state index contributed by atoms with van der Waals surface area (Å²) in [6.07, 6.45) is 6.61. The predicted molar refractivity (Wildman–Crippen MR) is 93.0 cm³/mol. The molecule has 1 saturated heterocycles. The van der Waals surface area contributed by atoms with E-state index >= 15 is 0 Å². The van der Waals surface area contributed by atoms with E-state index in [1.54, 1.807) is 37.5 Å². The van der Waals surface area contributed by atoms with Crippen molar-refractivity contribution in [2.75, 3.05) is 13.7 Å². The number of rotatable bonds is 5. The summed E-state index contributed by atoms with van der Waals surface area (Å²) in [5.41, 5.74) is 0.292. The Morgan fingerprint density at radius 3 is 2.76 bits per heavy atom. The zero-order valence-electron chi connectivity index (χ0n) is 14.6. The van der Waals surface area contributed by atoms with E-state index in [1.807, 2.05) is 24.3 Å². The van der Waals surface area contributed by atoms with Gasteiger partial charge in [0, 0.05) is 25.1 Å². The van der Waals surface area contributed by atoms with Gasteiger partial charge in [0.2, 0.25) is 5.91 Å². The fourth-order valence-electron chi connectivity index (χ4n) is 3.45. The molecule has 0 unspecified atom stereocenters. The molecule has 1 aromatic carbocycles. The molecule has 1 amide bonds. The van der Waals surface area contributed by atoms with Gasteiger partial charge in [-0.2, -0.15) is 0 Å². The summed E-state index contributed by atoms with van der Waals surface area (Å²) in [6, 6.07) is 7.09. The molecule has 25 heavy (non-hydrogen) atoms. The molecule has 3 rings (SSSR count). The first-order valence-corrected chi connectivity index (χ1v) is 8.43. The van der Waals surface area contributed by atoms with E-state index in [9.17, 15) is 9.90 Å². The van der Waals surface area contributed by atoms with Crippen LogP contribution in [0, 0.1) is 0 Å². The van der Waals surface area contributed by atoms with Crippen LogP contribution in [0.5, 0.6) is 5.75 Å². The molecule has 0 saturated carbocycles. The Kier molecular flexibility index (Phi) is 4.99. The number of methoxy groups -OCH3 is 1. The molecule has 6 nitrogen and oxygen atoms in total. The Bertz CT molecular complexity index is 716. The normalized spacial score (nSPS) is 19.5. The van der Waals surface area contributed by atoms with E-state index in [1.165, 1.54) is 0 Å². The summed E-state index contributed by atoms with van der Waals surface area (Å²) in [5.74, 6) is 0.707. The van der Waals surface area contributed by atoms with Crippen LogP contribution in [-0.4, -0.2) is 45.6 Å². The topological polar surface area (TPSA) is 75.6 Å². The molecule has 1 aliphatic rings. The van der Waals surface area contributed by atoms with Crippen molar-refractivity contribution in [3.05, 3.63) is 54.1 Å². The first-order chi connectivity index (χ1) is 12.0. The molecule has 2 heterocycles. The van der Waals surface area contributed by atoms with Gasteiger partial charge in [-0.15, -0.1) is 0 Å². The lowest BCUT2D eigenvalue weighted by molar-refractivity contribution is -0.137. The van der Waals surface area contributed by atoms with Gasteiger partial charge in [-0.05, 0) is 37.5 Å². The molecule has 0 aliphatic carbocycles. The zero-order valence-corrected chi connectivity index (χ0v) is 14.6. The maximum Gasteiger partial charge on any atom is 0.229 e. The molecule has 6 heteroatoms. The lowest BCUT2D eigenvalue weighted by atomic mass is 9.86. The fourth-order valence-corrected chi connectivity index (χ4v) is 3.45. The molecule has 0 bridgehead atoms. The van der Waals surface area contributed by atoms with E-state index in [0.29, 0.717) is 12.2 Å². The van der Waals surface area contributed by atoms with E-state index in [0.717, 1.165) is 24.2 Å². The molecule has 0 spiro atoms. The minimum Gasteiger partial charge on any atom is -0.497 e. The van der Waals surface area contributed by atoms with Crippen molar-refractivity contribution in [3.63, 3.8) is 0 Å². The Morgan fingerprint density at radius 2 is 2.12 bits per heavy atom. The summed E-state index contributed by atoms with van der Waals surface area (Å²) < 4.78 is 5.17. The highest BCUT2D eigenvalue weighted by molar-refractivity contribution is 5.79. The lowest BCUT2D eigenvalue weighted by Gasteiger charge is -2.37. The minimum absolute atomic E-state index is 0.0308. The SMILES string of the molecule is COc1ccc([C@](C)(O)[C@@H]2CCCN2C(=O)Cc2cnccn2)cc1. The molecule has 2 atom stereocenters. The van der Waals surface area contributed by atoms with Crippen LogP contribution < -0.4 is 4.74 Å². The number of carbonyl (C=O) groups excluding carboxylic acids is 1. The Labute approximate surface area is 147 Å². The number of hydrogen-bond acceptors (Lipinski definition) is 5. The van der Waals surface area contributed by atoms with Gasteiger partial charge in [-0.1, -0.05) is 12.1 Å². The van der Waals surface area contributed by atoms with E-state index in [-0.39, 0.29) is 18.4 Å². The van der Waals surface area contributed by atoms with E-state index in [2.05, 4.69) is 9.97 Å². The number of nitrogens with zero attached hydrogens (tertiary/aromatic N) is 3. The van der Waals surface area contributed by atoms with Gasteiger partial charge in [0.15, 0.2) is 0 Å². The van der Waals surface area contributed by atoms with Crippen LogP contribution in [0.15, 0.2) is 42.9 Å². The second-order valence-corrected chi connectivity index (χ2v) is 6.49. The molecule has 1 aliphatic heterocycles. The molecule has 1 fully saturated rings. The summed E-state index contributed by atoms with van der Waals surface area (Å²) >= 11 is 0. The first-order valence-electron chi connectivity index (χ1n) is 8.43. The second-order valence-electron chi connectivity index (χ2n) is 6.49. The minimum atomic E-state index is -1.12. The van der Waals surface area contributed by atoms with Crippen molar-refractivity contribution in [2.45, 2.75) is 37.8 Å². The highest BCUT2D eigenvalue weighted by Crippen LogP contribution is 2.35. The van der Waals surface area contributed by atoms with Gasteiger partial charge in [0.1, 0.15) is 11.4 Å².